The first kappa shape index (κ1) is 15.5. The van der Waals surface area contributed by atoms with Crippen LogP contribution in [0.3, 0.4) is 0 Å². The van der Waals surface area contributed by atoms with Crippen LogP contribution in [0.2, 0.25) is 0 Å². The first-order valence-corrected chi connectivity index (χ1v) is 8.92. The summed E-state index contributed by atoms with van der Waals surface area (Å²) in [6.45, 7) is 10.4. The van der Waals surface area contributed by atoms with Crippen LogP contribution in [-0.4, -0.2) is 30.1 Å². The van der Waals surface area contributed by atoms with Crippen molar-refractivity contribution in [1.29, 1.82) is 0 Å². The van der Waals surface area contributed by atoms with Gasteiger partial charge in [-0.3, -0.25) is 4.90 Å². The van der Waals surface area contributed by atoms with Gasteiger partial charge in [0.05, 0.1) is 3.79 Å². The zero-order valence-corrected chi connectivity index (χ0v) is 14.6. The Bertz CT molecular complexity index is 393. The molecule has 108 valence electrons. The van der Waals surface area contributed by atoms with Crippen LogP contribution in [0, 0.1) is 5.92 Å². The van der Waals surface area contributed by atoms with Crippen LogP contribution in [0.15, 0.2) is 15.9 Å². The molecule has 1 aromatic rings. The highest BCUT2D eigenvalue weighted by Gasteiger charge is 2.25. The van der Waals surface area contributed by atoms with Crippen LogP contribution < -0.4 is 5.32 Å². The van der Waals surface area contributed by atoms with E-state index in [1.165, 1.54) is 28.0 Å². The number of thiophene rings is 1. The van der Waals surface area contributed by atoms with Crippen molar-refractivity contribution in [2.45, 2.75) is 52.2 Å². The molecule has 0 spiro atoms. The molecule has 1 fully saturated rings. The third-order valence-corrected chi connectivity index (χ3v) is 5.95. The number of hydrogen-bond donors (Lipinski definition) is 1. The number of hydrogen-bond acceptors (Lipinski definition) is 3. The average Bonchev–Trinajstić information content (AvgIpc) is 2.71. The lowest BCUT2D eigenvalue weighted by atomic mass is 9.99. The summed E-state index contributed by atoms with van der Waals surface area (Å²) in [7, 11) is 0. The van der Waals surface area contributed by atoms with E-state index in [9.17, 15) is 0 Å². The Balaban J connectivity index is 2.02. The molecule has 1 saturated heterocycles. The van der Waals surface area contributed by atoms with E-state index < -0.39 is 0 Å². The Morgan fingerprint density at radius 2 is 2.32 bits per heavy atom. The van der Waals surface area contributed by atoms with E-state index in [0.717, 1.165) is 19.0 Å². The molecule has 0 aliphatic carbocycles. The summed E-state index contributed by atoms with van der Waals surface area (Å²) in [5, 5.41) is 3.74. The van der Waals surface area contributed by atoms with Crippen LogP contribution in [0.4, 0.5) is 0 Å². The SMILES string of the molecule is CCC(C)C1CN(Cc2ccc(Br)s2)C(C)CCN1. The van der Waals surface area contributed by atoms with Gasteiger partial charge >= 0.3 is 0 Å². The predicted molar refractivity (Wildman–Crippen MR) is 87.8 cm³/mol. The molecule has 1 aliphatic heterocycles. The maximum absolute atomic E-state index is 3.74. The molecule has 1 aromatic heterocycles. The van der Waals surface area contributed by atoms with Crippen molar-refractivity contribution in [3.05, 3.63) is 20.8 Å². The van der Waals surface area contributed by atoms with Crippen molar-refractivity contribution in [3.63, 3.8) is 0 Å². The molecule has 1 N–H and O–H groups in total. The van der Waals surface area contributed by atoms with Gasteiger partial charge in [0, 0.05) is 30.1 Å². The number of nitrogens with one attached hydrogen (secondary N) is 1. The molecule has 0 aromatic carbocycles. The van der Waals surface area contributed by atoms with Gasteiger partial charge in [0.1, 0.15) is 0 Å². The minimum Gasteiger partial charge on any atom is -0.312 e. The topological polar surface area (TPSA) is 15.3 Å². The van der Waals surface area contributed by atoms with E-state index in [0.29, 0.717) is 12.1 Å². The monoisotopic (exact) mass is 344 g/mol. The lowest BCUT2D eigenvalue weighted by molar-refractivity contribution is 0.182. The standard InChI is InChI=1S/C15H25BrN2S/c1-4-11(2)14-10-18(12(3)7-8-17-14)9-13-5-6-15(16)19-13/h5-6,11-12,14,17H,4,7-10H2,1-3H3. The molecular formula is C15H25BrN2S. The van der Waals surface area contributed by atoms with Crippen molar-refractivity contribution < 1.29 is 0 Å². The molecular weight excluding hydrogens is 320 g/mol. The van der Waals surface area contributed by atoms with Crippen LogP contribution in [0.25, 0.3) is 0 Å². The Kier molecular flexibility index (Phi) is 5.87. The highest BCUT2D eigenvalue weighted by Crippen LogP contribution is 2.25. The number of halogens is 1. The second-order valence-corrected chi connectivity index (χ2v) is 8.27. The van der Waals surface area contributed by atoms with Gasteiger partial charge in [0.2, 0.25) is 0 Å². The van der Waals surface area contributed by atoms with Crippen LogP contribution >= 0.6 is 27.3 Å². The fourth-order valence-electron chi connectivity index (χ4n) is 2.68. The zero-order chi connectivity index (χ0) is 13.8. The normalized spacial score (nSPS) is 27.2. The lowest BCUT2D eigenvalue weighted by Gasteiger charge is -2.30. The van der Waals surface area contributed by atoms with Gasteiger partial charge in [0.25, 0.3) is 0 Å². The van der Waals surface area contributed by atoms with E-state index in [4.69, 9.17) is 0 Å². The summed E-state index contributed by atoms with van der Waals surface area (Å²) in [6.07, 6.45) is 2.50. The van der Waals surface area contributed by atoms with E-state index >= 15 is 0 Å². The molecule has 19 heavy (non-hydrogen) atoms. The number of nitrogens with zero attached hydrogens (tertiary/aromatic N) is 1. The fourth-order valence-corrected chi connectivity index (χ4v) is 4.19. The van der Waals surface area contributed by atoms with Gasteiger partial charge in [0.15, 0.2) is 0 Å². The molecule has 3 unspecified atom stereocenters. The minimum absolute atomic E-state index is 0.637. The smallest absolute Gasteiger partial charge is 0.0701 e. The van der Waals surface area contributed by atoms with Crippen molar-refractivity contribution in [3.8, 4) is 0 Å². The molecule has 2 nitrogen and oxygen atoms in total. The molecule has 0 saturated carbocycles. The molecule has 3 atom stereocenters. The lowest BCUT2D eigenvalue weighted by Crippen LogP contribution is -2.43. The molecule has 1 aliphatic rings. The maximum Gasteiger partial charge on any atom is 0.0701 e. The first-order valence-electron chi connectivity index (χ1n) is 7.31. The summed E-state index contributed by atoms with van der Waals surface area (Å²) >= 11 is 5.42. The van der Waals surface area contributed by atoms with Crippen molar-refractivity contribution >= 4 is 27.3 Å². The van der Waals surface area contributed by atoms with Gasteiger partial charge in [-0.25, -0.2) is 0 Å². The average molecular weight is 345 g/mol. The van der Waals surface area contributed by atoms with Gasteiger partial charge < -0.3 is 5.32 Å². The third-order valence-electron chi connectivity index (χ3n) is 4.34. The summed E-state index contributed by atoms with van der Waals surface area (Å²) < 4.78 is 1.24. The molecule has 4 heteroatoms. The van der Waals surface area contributed by atoms with E-state index in [1.54, 1.807) is 0 Å². The van der Waals surface area contributed by atoms with Crippen molar-refractivity contribution in [1.82, 2.24) is 10.2 Å². The van der Waals surface area contributed by atoms with E-state index in [-0.39, 0.29) is 0 Å². The van der Waals surface area contributed by atoms with Crippen LogP contribution in [0.1, 0.15) is 38.5 Å². The second-order valence-electron chi connectivity index (χ2n) is 5.72. The first-order chi connectivity index (χ1) is 9.10. The van der Waals surface area contributed by atoms with Gasteiger partial charge in [-0.15, -0.1) is 11.3 Å². The summed E-state index contributed by atoms with van der Waals surface area (Å²) in [5.74, 6) is 0.753. The summed E-state index contributed by atoms with van der Waals surface area (Å²) in [6, 6.07) is 5.71. The van der Waals surface area contributed by atoms with Gasteiger partial charge in [-0.1, -0.05) is 20.3 Å². The highest BCUT2D eigenvalue weighted by atomic mass is 79.9. The van der Waals surface area contributed by atoms with Crippen molar-refractivity contribution in [2.24, 2.45) is 5.92 Å². The fraction of sp³-hybridized carbons (Fsp3) is 0.733. The third kappa shape index (κ3) is 4.28. The second kappa shape index (κ2) is 7.21. The quantitative estimate of drug-likeness (QED) is 0.884. The minimum atomic E-state index is 0.637. The van der Waals surface area contributed by atoms with Gasteiger partial charge in [-0.05, 0) is 53.9 Å². The Morgan fingerprint density at radius 3 is 2.95 bits per heavy atom. The predicted octanol–water partition coefficient (Wildman–Crippen LogP) is 4.11. The molecule has 2 rings (SSSR count). The molecule has 0 bridgehead atoms. The number of rotatable bonds is 4. The van der Waals surface area contributed by atoms with E-state index in [1.807, 2.05) is 11.3 Å². The van der Waals surface area contributed by atoms with Crippen LogP contribution in [-0.2, 0) is 6.54 Å². The Labute approximate surface area is 129 Å². The largest absolute Gasteiger partial charge is 0.312 e. The van der Waals surface area contributed by atoms with Gasteiger partial charge in [-0.2, -0.15) is 0 Å². The maximum atomic E-state index is 3.74. The zero-order valence-electron chi connectivity index (χ0n) is 12.2. The van der Waals surface area contributed by atoms with E-state index in [2.05, 4.69) is 59.1 Å². The summed E-state index contributed by atoms with van der Waals surface area (Å²) in [5.41, 5.74) is 0. The van der Waals surface area contributed by atoms with Crippen LogP contribution in [0.5, 0.6) is 0 Å². The summed E-state index contributed by atoms with van der Waals surface area (Å²) in [4.78, 5) is 4.11. The van der Waals surface area contributed by atoms with Crippen molar-refractivity contribution in [2.75, 3.05) is 13.1 Å². The highest BCUT2D eigenvalue weighted by molar-refractivity contribution is 9.11. The molecule has 2 heterocycles. The Hall–Kier alpha value is 0.1000. The molecule has 0 radical (unpaired) electrons. The molecule has 0 amide bonds. The Morgan fingerprint density at radius 1 is 1.53 bits per heavy atom.